The van der Waals surface area contributed by atoms with Crippen LogP contribution in [0.4, 0.5) is 0 Å². The zero-order valence-electron chi connectivity index (χ0n) is 8.55. The number of hydrogen-bond donors (Lipinski definition) is 1. The summed E-state index contributed by atoms with van der Waals surface area (Å²) in [4.78, 5) is 1.35. The lowest BCUT2D eigenvalue weighted by atomic mass is 10.2. The zero-order chi connectivity index (χ0) is 10.4. The van der Waals surface area contributed by atoms with E-state index < -0.39 is 0 Å². The monoisotopic (exact) mass is 249 g/mol. The zero-order valence-corrected chi connectivity index (χ0v) is 10.9. The lowest BCUT2D eigenvalue weighted by Gasteiger charge is -2.14. The van der Waals surface area contributed by atoms with Gasteiger partial charge in [0.05, 0.1) is 4.34 Å². The van der Waals surface area contributed by atoms with Crippen molar-refractivity contribution in [3.05, 3.63) is 21.3 Å². The van der Waals surface area contributed by atoms with E-state index in [2.05, 4.69) is 24.6 Å². The Hall–Kier alpha value is 0.300. The normalized spacial score (nSPS) is 13.1. The molecule has 0 saturated carbocycles. The Kier molecular flexibility index (Phi) is 5.94. The minimum atomic E-state index is 0.472. The molecular formula is C10H16ClNS2. The van der Waals surface area contributed by atoms with Crippen LogP contribution in [0, 0.1) is 0 Å². The highest BCUT2D eigenvalue weighted by Gasteiger charge is 2.10. The maximum Gasteiger partial charge on any atom is 0.0931 e. The summed E-state index contributed by atoms with van der Waals surface area (Å²) in [7, 11) is 0. The molecule has 0 aliphatic heterocycles. The maximum atomic E-state index is 5.91. The molecule has 0 saturated heterocycles. The van der Waals surface area contributed by atoms with E-state index in [9.17, 15) is 0 Å². The molecule has 1 aromatic heterocycles. The Morgan fingerprint density at radius 2 is 2.36 bits per heavy atom. The van der Waals surface area contributed by atoms with Crippen molar-refractivity contribution in [2.24, 2.45) is 0 Å². The molecule has 0 spiro atoms. The smallest absolute Gasteiger partial charge is 0.0931 e. The molecule has 1 N–H and O–H groups in total. The molecular weight excluding hydrogens is 234 g/mol. The number of thiophene rings is 1. The van der Waals surface area contributed by atoms with Crippen molar-refractivity contribution in [1.82, 2.24) is 5.32 Å². The van der Waals surface area contributed by atoms with Gasteiger partial charge in [0, 0.05) is 23.2 Å². The van der Waals surface area contributed by atoms with E-state index in [1.807, 2.05) is 17.8 Å². The van der Waals surface area contributed by atoms with Crippen LogP contribution in [0.5, 0.6) is 0 Å². The summed E-state index contributed by atoms with van der Waals surface area (Å²) in [5, 5.41) is 3.53. The van der Waals surface area contributed by atoms with Gasteiger partial charge in [0.1, 0.15) is 0 Å². The summed E-state index contributed by atoms with van der Waals surface area (Å²) in [6.45, 7) is 3.26. The largest absolute Gasteiger partial charge is 0.308 e. The van der Waals surface area contributed by atoms with E-state index in [1.165, 1.54) is 4.88 Å². The van der Waals surface area contributed by atoms with Gasteiger partial charge in [-0.05, 0) is 24.8 Å². The van der Waals surface area contributed by atoms with Crippen molar-refractivity contribution >= 4 is 34.7 Å². The van der Waals surface area contributed by atoms with E-state index in [4.69, 9.17) is 11.6 Å². The van der Waals surface area contributed by atoms with Crippen LogP contribution >= 0.6 is 34.7 Å². The summed E-state index contributed by atoms with van der Waals surface area (Å²) in [6, 6.07) is 4.56. The lowest BCUT2D eigenvalue weighted by molar-refractivity contribution is 0.548. The van der Waals surface area contributed by atoms with E-state index in [-0.39, 0.29) is 0 Å². The molecule has 80 valence electrons. The second-order valence-electron chi connectivity index (χ2n) is 3.05. The van der Waals surface area contributed by atoms with Gasteiger partial charge in [-0.3, -0.25) is 0 Å². The van der Waals surface area contributed by atoms with Gasteiger partial charge in [-0.15, -0.1) is 11.3 Å². The fraction of sp³-hybridized carbons (Fsp3) is 0.600. The van der Waals surface area contributed by atoms with Crippen molar-refractivity contribution in [3.63, 3.8) is 0 Å². The van der Waals surface area contributed by atoms with Crippen LogP contribution < -0.4 is 5.32 Å². The number of nitrogens with one attached hydrogen (secondary N) is 1. The molecule has 0 fully saturated rings. The third-order valence-corrected chi connectivity index (χ3v) is 4.00. The molecule has 1 atom stereocenters. The van der Waals surface area contributed by atoms with Crippen LogP contribution in [0.3, 0.4) is 0 Å². The fourth-order valence-electron chi connectivity index (χ4n) is 1.30. The van der Waals surface area contributed by atoms with Crippen molar-refractivity contribution < 1.29 is 0 Å². The molecule has 0 amide bonds. The van der Waals surface area contributed by atoms with Crippen LogP contribution in [-0.4, -0.2) is 18.6 Å². The van der Waals surface area contributed by atoms with Gasteiger partial charge in [0.15, 0.2) is 0 Å². The summed E-state index contributed by atoms with van der Waals surface area (Å²) < 4.78 is 0.880. The molecule has 0 aliphatic rings. The van der Waals surface area contributed by atoms with Gasteiger partial charge >= 0.3 is 0 Å². The van der Waals surface area contributed by atoms with Crippen LogP contribution in [0.1, 0.15) is 24.3 Å². The first-order valence-corrected chi connectivity index (χ1v) is 7.34. The number of thioether (sulfide) groups is 1. The van der Waals surface area contributed by atoms with Gasteiger partial charge in [0.25, 0.3) is 0 Å². The average molecular weight is 250 g/mol. The highest BCUT2D eigenvalue weighted by molar-refractivity contribution is 7.98. The predicted octanol–water partition coefficient (Wildman–Crippen LogP) is 3.81. The Labute approximate surface area is 99.2 Å². The molecule has 1 heterocycles. The Morgan fingerprint density at radius 1 is 1.57 bits per heavy atom. The molecule has 0 radical (unpaired) electrons. The molecule has 4 heteroatoms. The van der Waals surface area contributed by atoms with E-state index in [0.29, 0.717) is 6.04 Å². The van der Waals surface area contributed by atoms with E-state index in [1.54, 1.807) is 11.3 Å². The second-order valence-corrected chi connectivity index (χ2v) is 5.78. The van der Waals surface area contributed by atoms with E-state index >= 15 is 0 Å². The molecule has 14 heavy (non-hydrogen) atoms. The minimum absolute atomic E-state index is 0.472. The first kappa shape index (κ1) is 12.4. The van der Waals surface area contributed by atoms with E-state index in [0.717, 1.165) is 23.1 Å². The number of halogens is 1. The summed E-state index contributed by atoms with van der Waals surface area (Å²) in [5.41, 5.74) is 0. The molecule has 1 nitrogen and oxygen atoms in total. The fourth-order valence-corrected chi connectivity index (χ4v) is 2.84. The number of rotatable bonds is 6. The summed E-state index contributed by atoms with van der Waals surface area (Å²) in [6.07, 6.45) is 3.25. The summed E-state index contributed by atoms with van der Waals surface area (Å²) >= 11 is 9.45. The summed E-state index contributed by atoms with van der Waals surface area (Å²) in [5.74, 6) is 1.16. The van der Waals surface area contributed by atoms with Gasteiger partial charge in [-0.2, -0.15) is 11.8 Å². The van der Waals surface area contributed by atoms with Gasteiger partial charge in [0.2, 0.25) is 0 Å². The highest BCUT2D eigenvalue weighted by Crippen LogP contribution is 2.28. The minimum Gasteiger partial charge on any atom is -0.308 e. The van der Waals surface area contributed by atoms with Gasteiger partial charge < -0.3 is 5.32 Å². The average Bonchev–Trinajstić information content (AvgIpc) is 2.60. The third kappa shape index (κ3) is 3.81. The Bertz CT molecular complexity index is 262. The standard InChI is InChI=1S/C10H16ClNS2/c1-3-8(12-6-7-13-2)9-4-5-10(11)14-9/h4-5,8,12H,3,6-7H2,1-2H3. The van der Waals surface area contributed by atoms with Gasteiger partial charge in [-0.25, -0.2) is 0 Å². The molecule has 0 bridgehead atoms. The lowest BCUT2D eigenvalue weighted by Crippen LogP contribution is -2.22. The Balaban J connectivity index is 2.45. The Morgan fingerprint density at radius 3 is 2.86 bits per heavy atom. The molecule has 1 aromatic rings. The number of hydrogen-bond acceptors (Lipinski definition) is 3. The maximum absolute atomic E-state index is 5.91. The molecule has 1 unspecified atom stereocenters. The topological polar surface area (TPSA) is 12.0 Å². The second kappa shape index (κ2) is 6.72. The molecule has 1 rings (SSSR count). The van der Waals surface area contributed by atoms with Crippen LogP contribution in [0.25, 0.3) is 0 Å². The van der Waals surface area contributed by atoms with Crippen LogP contribution in [0.15, 0.2) is 12.1 Å². The third-order valence-electron chi connectivity index (χ3n) is 2.04. The molecule has 0 aromatic carbocycles. The van der Waals surface area contributed by atoms with Crippen LogP contribution in [-0.2, 0) is 0 Å². The highest BCUT2D eigenvalue weighted by atomic mass is 35.5. The van der Waals surface area contributed by atoms with Crippen molar-refractivity contribution in [2.45, 2.75) is 19.4 Å². The SMILES string of the molecule is CCC(NCCSC)c1ccc(Cl)s1. The van der Waals surface area contributed by atoms with Crippen molar-refractivity contribution in [1.29, 1.82) is 0 Å². The van der Waals surface area contributed by atoms with Gasteiger partial charge in [-0.1, -0.05) is 18.5 Å². The molecule has 0 aliphatic carbocycles. The predicted molar refractivity (Wildman–Crippen MR) is 68.7 cm³/mol. The van der Waals surface area contributed by atoms with Crippen LogP contribution in [0.2, 0.25) is 4.34 Å². The first-order chi connectivity index (χ1) is 6.77. The van der Waals surface area contributed by atoms with Crippen molar-refractivity contribution in [3.8, 4) is 0 Å². The van der Waals surface area contributed by atoms with Crippen molar-refractivity contribution in [2.75, 3.05) is 18.6 Å². The quantitative estimate of drug-likeness (QED) is 0.770. The first-order valence-electron chi connectivity index (χ1n) is 4.75.